The predicted octanol–water partition coefficient (Wildman–Crippen LogP) is 6.50. The number of hydrogen-bond donors (Lipinski definition) is 3. The average molecular weight is 638 g/mol. The zero-order chi connectivity index (χ0) is 34.1. The maximum Gasteiger partial charge on any atom is 0.412 e. The van der Waals surface area contributed by atoms with E-state index in [1.54, 1.807) is 69.3 Å². The molecule has 2 aliphatic heterocycles. The van der Waals surface area contributed by atoms with Gasteiger partial charge in [0, 0.05) is 54.7 Å². The molecule has 2 aromatic rings. The largest absolute Gasteiger partial charge is 0.444 e. The minimum atomic E-state index is -0.547. The van der Waals surface area contributed by atoms with Crippen LogP contribution in [0.1, 0.15) is 94.9 Å². The molecule has 2 fully saturated rings. The van der Waals surface area contributed by atoms with E-state index in [4.69, 9.17) is 15.2 Å². The molecule has 2 aliphatic rings. The van der Waals surface area contributed by atoms with Crippen molar-refractivity contribution in [1.29, 1.82) is 0 Å². The smallest absolute Gasteiger partial charge is 0.412 e. The summed E-state index contributed by atoms with van der Waals surface area (Å²) in [6.07, 6.45) is 2.78. The number of amides is 4. The summed E-state index contributed by atoms with van der Waals surface area (Å²) in [6.45, 7) is 16.1. The second-order valence-corrected chi connectivity index (χ2v) is 14.0. The van der Waals surface area contributed by atoms with Crippen LogP contribution < -0.4 is 16.4 Å². The summed E-state index contributed by atoms with van der Waals surface area (Å²) in [5.41, 5.74) is 7.23. The van der Waals surface area contributed by atoms with Crippen molar-refractivity contribution >= 4 is 35.4 Å². The van der Waals surface area contributed by atoms with Crippen molar-refractivity contribution in [2.45, 2.75) is 91.4 Å². The van der Waals surface area contributed by atoms with Gasteiger partial charge in [0.25, 0.3) is 11.8 Å². The molecular weight excluding hydrogens is 586 g/mol. The molecule has 0 aliphatic carbocycles. The predicted molar refractivity (Wildman–Crippen MR) is 180 cm³/mol. The van der Waals surface area contributed by atoms with Crippen LogP contribution in [0.3, 0.4) is 0 Å². The van der Waals surface area contributed by atoms with Gasteiger partial charge in [-0.05, 0) is 122 Å². The van der Waals surface area contributed by atoms with E-state index in [0.29, 0.717) is 41.5 Å². The highest BCUT2D eigenvalue weighted by atomic mass is 16.6. The lowest BCUT2D eigenvalue weighted by atomic mass is 9.98. The van der Waals surface area contributed by atoms with E-state index in [-0.39, 0.29) is 17.9 Å². The van der Waals surface area contributed by atoms with Gasteiger partial charge >= 0.3 is 12.2 Å². The second kappa shape index (κ2) is 15.9. The van der Waals surface area contributed by atoms with Gasteiger partial charge in [-0.25, -0.2) is 9.59 Å². The van der Waals surface area contributed by atoms with Gasteiger partial charge in [0.15, 0.2) is 0 Å². The Morgan fingerprint density at radius 1 is 0.630 bits per heavy atom. The van der Waals surface area contributed by atoms with Crippen molar-refractivity contribution in [2.75, 3.05) is 36.8 Å². The second-order valence-electron chi connectivity index (χ2n) is 14.0. The third kappa shape index (κ3) is 12.3. The molecule has 4 amide bonds. The molecule has 0 saturated carbocycles. The summed E-state index contributed by atoms with van der Waals surface area (Å²) in [4.78, 5) is 52.0. The van der Waals surface area contributed by atoms with Crippen LogP contribution in [0.5, 0.6) is 0 Å². The average Bonchev–Trinajstić information content (AvgIpc) is 2.96. The van der Waals surface area contributed by atoms with Crippen LogP contribution in [0.4, 0.5) is 21.0 Å². The fourth-order valence-electron chi connectivity index (χ4n) is 4.91. The number of nitrogens with one attached hydrogen (secondary N) is 2. The lowest BCUT2D eigenvalue weighted by Gasteiger charge is -2.30. The van der Waals surface area contributed by atoms with E-state index in [0.717, 1.165) is 38.8 Å². The lowest BCUT2D eigenvalue weighted by Crippen LogP contribution is -2.42. The number of rotatable bonds is 4. The maximum atomic E-state index is 12.4. The Bertz CT molecular complexity index is 1210. The zero-order valence-corrected chi connectivity index (χ0v) is 28.4. The van der Waals surface area contributed by atoms with Crippen molar-refractivity contribution in [3.05, 3.63) is 59.7 Å². The Morgan fingerprint density at radius 3 is 1.28 bits per heavy atom. The molecule has 252 valence electrons. The van der Waals surface area contributed by atoms with Gasteiger partial charge in [0.2, 0.25) is 0 Å². The van der Waals surface area contributed by atoms with Gasteiger partial charge < -0.3 is 25.0 Å². The quantitative estimate of drug-likeness (QED) is 0.347. The Hall–Kier alpha value is -4.12. The van der Waals surface area contributed by atoms with E-state index < -0.39 is 23.4 Å². The van der Waals surface area contributed by atoms with Crippen molar-refractivity contribution in [3.8, 4) is 0 Å². The Labute approximate surface area is 273 Å². The molecule has 11 nitrogen and oxygen atoms in total. The number of nitrogens with two attached hydrogens (primary N) is 1. The van der Waals surface area contributed by atoms with Crippen molar-refractivity contribution < 1.29 is 28.7 Å². The molecule has 2 saturated heterocycles. The van der Waals surface area contributed by atoms with Crippen LogP contribution in [0.25, 0.3) is 0 Å². The molecule has 4 rings (SSSR count). The number of hydrogen-bond acceptors (Lipinski definition) is 7. The number of piperidine rings is 2. The number of ether oxygens (including phenoxy) is 2. The first-order chi connectivity index (χ1) is 21.5. The summed E-state index contributed by atoms with van der Waals surface area (Å²) in [5.74, 6) is 0.751. The highest BCUT2D eigenvalue weighted by Gasteiger charge is 2.23. The van der Waals surface area contributed by atoms with Crippen LogP contribution in [0.2, 0.25) is 0 Å². The number of nitrogens with zero attached hydrogens (tertiary/aromatic N) is 2. The number of anilines is 2. The monoisotopic (exact) mass is 637 g/mol. The minimum Gasteiger partial charge on any atom is -0.444 e. The molecule has 2 heterocycles. The molecule has 11 heteroatoms. The molecule has 0 aromatic heterocycles. The number of carbonyl (C=O) groups is 4. The summed E-state index contributed by atoms with van der Waals surface area (Å²) in [5, 5.41) is 5.31. The van der Waals surface area contributed by atoms with Gasteiger partial charge in [0.05, 0.1) is 0 Å². The fraction of sp³-hybridized carbons (Fsp3) is 0.543. The van der Waals surface area contributed by atoms with Gasteiger partial charge in [-0.1, -0.05) is 6.92 Å². The van der Waals surface area contributed by atoms with Crippen molar-refractivity contribution in [2.24, 2.45) is 11.7 Å². The third-order valence-electron chi connectivity index (χ3n) is 7.45. The zero-order valence-electron chi connectivity index (χ0n) is 28.4. The van der Waals surface area contributed by atoms with Crippen LogP contribution in [0, 0.1) is 5.92 Å². The van der Waals surface area contributed by atoms with Crippen molar-refractivity contribution in [1.82, 2.24) is 9.80 Å². The molecule has 0 bridgehead atoms. The molecule has 2 aromatic carbocycles. The van der Waals surface area contributed by atoms with E-state index >= 15 is 0 Å². The van der Waals surface area contributed by atoms with Crippen LogP contribution in [-0.4, -0.2) is 77.2 Å². The Balaban J connectivity index is 0.000000250. The fourth-order valence-corrected chi connectivity index (χ4v) is 4.91. The Kier molecular flexibility index (Phi) is 12.6. The molecule has 4 N–H and O–H groups in total. The highest BCUT2D eigenvalue weighted by Crippen LogP contribution is 2.20. The molecule has 0 unspecified atom stereocenters. The first-order valence-corrected chi connectivity index (χ1v) is 16.0. The lowest BCUT2D eigenvalue weighted by molar-refractivity contribution is 0.0624. The molecular formula is C35H51N5O6. The highest BCUT2D eigenvalue weighted by molar-refractivity contribution is 5.96. The topological polar surface area (TPSA) is 143 Å². The normalized spacial score (nSPS) is 16.1. The van der Waals surface area contributed by atoms with Crippen molar-refractivity contribution in [3.63, 3.8) is 0 Å². The molecule has 0 atom stereocenters. The van der Waals surface area contributed by atoms with E-state index in [1.807, 2.05) is 30.6 Å². The number of likely N-dealkylation sites (tertiary alicyclic amines) is 2. The first kappa shape index (κ1) is 36.3. The van der Waals surface area contributed by atoms with E-state index in [2.05, 4.69) is 17.6 Å². The Morgan fingerprint density at radius 2 is 0.957 bits per heavy atom. The maximum absolute atomic E-state index is 12.4. The van der Waals surface area contributed by atoms with Gasteiger partial charge in [-0.2, -0.15) is 0 Å². The summed E-state index contributed by atoms with van der Waals surface area (Å²) >= 11 is 0. The molecule has 46 heavy (non-hydrogen) atoms. The van der Waals surface area contributed by atoms with Gasteiger partial charge in [-0.3, -0.25) is 20.2 Å². The third-order valence-corrected chi connectivity index (χ3v) is 7.45. The van der Waals surface area contributed by atoms with Gasteiger partial charge in [-0.15, -0.1) is 0 Å². The summed E-state index contributed by atoms with van der Waals surface area (Å²) in [6, 6.07) is 14.0. The van der Waals surface area contributed by atoms with E-state index in [1.165, 1.54) is 0 Å². The van der Waals surface area contributed by atoms with Crippen LogP contribution >= 0.6 is 0 Å². The standard InChI is InChI=1S/C18H26N2O3.C17H25N3O3/c1-13-9-11-20(12-10-13)16(21)14-5-7-15(8-6-14)19-17(22)23-18(2,3)4;1-17(2,3)23-16(22)19-14-6-4-12(5-7-14)15(21)20-10-8-13(18)9-11-20/h5-8,13H,9-12H2,1-4H3,(H,19,22);4-7,13H,8-11,18H2,1-3H3,(H,19,22). The van der Waals surface area contributed by atoms with Crippen LogP contribution in [0.15, 0.2) is 48.5 Å². The first-order valence-electron chi connectivity index (χ1n) is 16.0. The van der Waals surface area contributed by atoms with Crippen LogP contribution in [-0.2, 0) is 9.47 Å². The molecule has 0 spiro atoms. The summed E-state index contributed by atoms with van der Waals surface area (Å²) < 4.78 is 10.4. The number of carbonyl (C=O) groups excluding carboxylic acids is 4. The van der Waals surface area contributed by atoms with Gasteiger partial charge in [0.1, 0.15) is 11.2 Å². The summed E-state index contributed by atoms with van der Waals surface area (Å²) in [7, 11) is 0. The minimum absolute atomic E-state index is 0.000665. The SMILES string of the molecule is CC(C)(C)OC(=O)Nc1ccc(C(=O)N2CCC(N)CC2)cc1.CC1CCN(C(=O)c2ccc(NC(=O)OC(C)(C)C)cc2)CC1. The number of benzene rings is 2. The molecule has 0 radical (unpaired) electrons. The van der Waals surface area contributed by atoms with E-state index in [9.17, 15) is 19.2 Å².